The Bertz CT molecular complexity index is 1170. The van der Waals surface area contributed by atoms with Gasteiger partial charge in [0.15, 0.2) is 0 Å². The van der Waals surface area contributed by atoms with Gasteiger partial charge in [-0.05, 0) is 29.7 Å². The Morgan fingerprint density at radius 1 is 0.897 bits per heavy atom. The average molecular weight is 384 g/mol. The highest BCUT2D eigenvalue weighted by Crippen LogP contribution is 2.18. The van der Waals surface area contributed by atoms with Gasteiger partial charge in [-0.1, -0.05) is 78.0 Å². The van der Waals surface area contributed by atoms with Crippen LogP contribution in [0.1, 0.15) is 17.2 Å². The monoisotopic (exact) mass is 384 g/mol. The molecule has 1 aromatic heterocycles. The summed E-state index contributed by atoms with van der Waals surface area (Å²) in [5.74, 6) is -0.290. The molecule has 6 heteroatoms. The van der Waals surface area contributed by atoms with E-state index in [1.165, 1.54) is 0 Å². The van der Waals surface area contributed by atoms with Crippen LogP contribution in [0.3, 0.4) is 0 Å². The molecule has 0 bridgehead atoms. The number of rotatable bonds is 6. The molecular weight excluding hydrogens is 364 g/mol. The first-order valence-electron chi connectivity index (χ1n) is 9.41. The van der Waals surface area contributed by atoms with Crippen LogP contribution in [0.4, 0.5) is 0 Å². The minimum atomic E-state index is -0.329. The Kier molecular flexibility index (Phi) is 5.42. The highest BCUT2D eigenvalue weighted by atomic mass is 16.2. The standard InChI is InChI=1S/C23H20N4O2/c28-22(16-27-23(29)19-13-7-8-14-20(19)25-26-27)24-21(18-11-5-2-6-12-18)15-17-9-3-1-4-10-17/h1-14,21H,15-16H2,(H,24,28)/t21-/m1/s1. The Labute approximate surface area is 167 Å². The number of hydrogen-bond donors (Lipinski definition) is 1. The van der Waals surface area contributed by atoms with Crippen molar-refractivity contribution in [2.75, 3.05) is 0 Å². The molecule has 1 atom stereocenters. The molecule has 0 aliphatic rings. The van der Waals surface area contributed by atoms with Crippen LogP contribution in [0.25, 0.3) is 10.9 Å². The van der Waals surface area contributed by atoms with Gasteiger partial charge >= 0.3 is 0 Å². The van der Waals surface area contributed by atoms with Gasteiger partial charge in [-0.2, -0.15) is 0 Å². The molecule has 1 heterocycles. The molecular formula is C23H20N4O2. The number of aromatic nitrogens is 3. The molecule has 1 amide bonds. The molecule has 0 saturated carbocycles. The predicted molar refractivity (Wildman–Crippen MR) is 111 cm³/mol. The Morgan fingerprint density at radius 2 is 1.55 bits per heavy atom. The van der Waals surface area contributed by atoms with Crippen molar-refractivity contribution in [1.29, 1.82) is 0 Å². The highest BCUT2D eigenvalue weighted by Gasteiger charge is 2.17. The lowest BCUT2D eigenvalue weighted by Gasteiger charge is -2.19. The SMILES string of the molecule is O=C(Cn1nnc2ccccc2c1=O)N[C@H](Cc1ccccc1)c1ccccc1. The van der Waals surface area contributed by atoms with Crippen LogP contribution in [0.15, 0.2) is 89.7 Å². The minimum absolute atomic E-state index is 0.186. The second kappa shape index (κ2) is 8.48. The van der Waals surface area contributed by atoms with E-state index in [4.69, 9.17) is 0 Å². The molecule has 3 aromatic carbocycles. The molecule has 6 nitrogen and oxygen atoms in total. The first kappa shape index (κ1) is 18.6. The lowest BCUT2D eigenvalue weighted by molar-refractivity contribution is -0.122. The fraction of sp³-hybridized carbons (Fsp3) is 0.130. The van der Waals surface area contributed by atoms with Crippen LogP contribution in [-0.4, -0.2) is 20.9 Å². The van der Waals surface area contributed by atoms with Crippen LogP contribution in [0.5, 0.6) is 0 Å². The van der Waals surface area contributed by atoms with Gasteiger partial charge in [-0.15, -0.1) is 5.10 Å². The van der Waals surface area contributed by atoms with Gasteiger partial charge in [0.1, 0.15) is 12.1 Å². The zero-order valence-electron chi connectivity index (χ0n) is 15.7. The van der Waals surface area contributed by atoms with Crippen molar-refractivity contribution in [3.8, 4) is 0 Å². The third kappa shape index (κ3) is 4.38. The molecule has 4 rings (SSSR count). The van der Waals surface area contributed by atoms with E-state index in [1.807, 2.05) is 60.7 Å². The molecule has 0 aliphatic carbocycles. The van der Waals surface area contributed by atoms with Gasteiger partial charge < -0.3 is 5.32 Å². The topological polar surface area (TPSA) is 76.9 Å². The molecule has 0 fully saturated rings. The first-order chi connectivity index (χ1) is 14.2. The lowest BCUT2D eigenvalue weighted by Crippen LogP contribution is -2.36. The maximum atomic E-state index is 12.7. The zero-order chi connectivity index (χ0) is 20.1. The Morgan fingerprint density at radius 3 is 2.31 bits per heavy atom. The van der Waals surface area contributed by atoms with Gasteiger partial charge in [0.05, 0.1) is 11.4 Å². The van der Waals surface area contributed by atoms with E-state index in [9.17, 15) is 9.59 Å². The summed E-state index contributed by atoms with van der Waals surface area (Å²) < 4.78 is 1.10. The molecule has 0 unspecified atom stereocenters. The minimum Gasteiger partial charge on any atom is -0.347 e. The number of benzene rings is 3. The summed E-state index contributed by atoms with van der Waals surface area (Å²) in [6, 6.07) is 26.5. The van der Waals surface area contributed by atoms with E-state index in [1.54, 1.807) is 24.3 Å². The molecule has 1 N–H and O–H groups in total. The number of carbonyl (C=O) groups excluding carboxylic acids is 1. The molecule has 144 valence electrons. The normalized spacial score (nSPS) is 11.9. The van der Waals surface area contributed by atoms with E-state index in [2.05, 4.69) is 15.6 Å². The molecule has 0 spiro atoms. The van der Waals surface area contributed by atoms with Crippen LogP contribution >= 0.6 is 0 Å². The van der Waals surface area contributed by atoms with Gasteiger partial charge in [-0.3, -0.25) is 9.59 Å². The van der Waals surface area contributed by atoms with Gasteiger partial charge in [0, 0.05) is 0 Å². The zero-order valence-corrected chi connectivity index (χ0v) is 15.7. The third-order valence-electron chi connectivity index (χ3n) is 4.74. The quantitative estimate of drug-likeness (QED) is 0.555. The number of amides is 1. The summed E-state index contributed by atoms with van der Waals surface area (Å²) in [7, 11) is 0. The van der Waals surface area contributed by atoms with Crippen molar-refractivity contribution in [3.05, 3.63) is 106 Å². The molecule has 29 heavy (non-hydrogen) atoms. The maximum Gasteiger partial charge on any atom is 0.278 e. The molecule has 0 saturated heterocycles. The highest BCUT2D eigenvalue weighted by molar-refractivity contribution is 5.78. The number of nitrogens with zero attached hydrogens (tertiary/aromatic N) is 3. The van der Waals surface area contributed by atoms with Gasteiger partial charge in [0.2, 0.25) is 5.91 Å². The number of hydrogen-bond acceptors (Lipinski definition) is 4. The van der Waals surface area contributed by atoms with Crippen LogP contribution in [0.2, 0.25) is 0 Å². The second-order valence-electron chi connectivity index (χ2n) is 6.79. The van der Waals surface area contributed by atoms with Crippen molar-refractivity contribution < 1.29 is 4.79 Å². The molecule has 0 radical (unpaired) electrons. The van der Waals surface area contributed by atoms with Crippen molar-refractivity contribution in [2.24, 2.45) is 0 Å². The molecule has 4 aromatic rings. The third-order valence-corrected chi connectivity index (χ3v) is 4.74. The second-order valence-corrected chi connectivity index (χ2v) is 6.79. The van der Waals surface area contributed by atoms with Crippen molar-refractivity contribution >= 4 is 16.8 Å². The van der Waals surface area contributed by atoms with E-state index in [0.29, 0.717) is 17.3 Å². The number of fused-ring (bicyclic) bond motifs is 1. The largest absolute Gasteiger partial charge is 0.347 e. The number of nitrogens with one attached hydrogen (secondary N) is 1. The molecule has 0 aliphatic heterocycles. The predicted octanol–water partition coefficient (Wildman–Crippen LogP) is 2.89. The summed E-state index contributed by atoms with van der Waals surface area (Å²) in [6.07, 6.45) is 0.648. The van der Waals surface area contributed by atoms with E-state index in [-0.39, 0.29) is 24.1 Å². The lowest BCUT2D eigenvalue weighted by atomic mass is 9.99. The van der Waals surface area contributed by atoms with Crippen LogP contribution < -0.4 is 10.9 Å². The maximum absolute atomic E-state index is 12.7. The summed E-state index contributed by atoms with van der Waals surface area (Å²) >= 11 is 0. The fourth-order valence-corrected chi connectivity index (χ4v) is 3.29. The van der Waals surface area contributed by atoms with Crippen molar-refractivity contribution in [2.45, 2.75) is 19.0 Å². The van der Waals surface area contributed by atoms with E-state index in [0.717, 1.165) is 15.8 Å². The van der Waals surface area contributed by atoms with Gasteiger partial charge in [0.25, 0.3) is 5.56 Å². The Balaban J connectivity index is 1.55. The van der Waals surface area contributed by atoms with Crippen LogP contribution in [0, 0.1) is 0 Å². The van der Waals surface area contributed by atoms with E-state index < -0.39 is 0 Å². The summed E-state index contributed by atoms with van der Waals surface area (Å²) in [6.45, 7) is -0.186. The summed E-state index contributed by atoms with van der Waals surface area (Å²) in [5.41, 5.74) is 2.30. The van der Waals surface area contributed by atoms with E-state index >= 15 is 0 Å². The van der Waals surface area contributed by atoms with Crippen molar-refractivity contribution in [1.82, 2.24) is 20.3 Å². The number of carbonyl (C=O) groups is 1. The Hall–Kier alpha value is -3.80. The summed E-state index contributed by atoms with van der Waals surface area (Å²) in [4.78, 5) is 25.3. The summed E-state index contributed by atoms with van der Waals surface area (Å²) in [5, 5.41) is 11.4. The van der Waals surface area contributed by atoms with Crippen molar-refractivity contribution in [3.63, 3.8) is 0 Å². The van der Waals surface area contributed by atoms with Gasteiger partial charge in [-0.25, -0.2) is 4.68 Å². The van der Waals surface area contributed by atoms with Crippen LogP contribution in [-0.2, 0) is 17.8 Å². The fourth-order valence-electron chi connectivity index (χ4n) is 3.29. The smallest absolute Gasteiger partial charge is 0.278 e. The average Bonchev–Trinajstić information content (AvgIpc) is 2.77. The first-order valence-corrected chi connectivity index (χ1v) is 9.41.